The highest BCUT2D eigenvalue weighted by Gasteiger charge is 2.11. The van der Waals surface area contributed by atoms with E-state index in [1.807, 2.05) is 18.2 Å². The predicted molar refractivity (Wildman–Crippen MR) is 101 cm³/mol. The summed E-state index contributed by atoms with van der Waals surface area (Å²) in [7, 11) is 1.56. The average Bonchev–Trinajstić information content (AvgIpc) is 2.54. The lowest BCUT2D eigenvalue weighted by Gasteiger charge is -2.14. The number of benzene rings is 2. The van der Waals surface area contributed by atoms with Crippen LogP contribution in [0.1, 0.15) is 11.1 Å². The van der Waals surface area contributed by atoms with E-state index in [9.17, 15) is 0 Å². The minimum absolute atomic E-state index is 0.0737. The number of hydrazone groups is 1. The van der Waals surface area contributed by atoms with Gasteiger partial charge in [-0.2, -0.15) is 5.10 Å². The van der Waals surface area contributed by atoms with Gasteiger partial charge in [-0.1, -0.05) is 35.3 Å². The van der Waals surface area contributed by atoms with Crippen molar-refractivity contribution >= 4 is 46.7 Å². The first-order chi connectivity index (χ1) is 11.5. The van der Waals surface area contributed by atoms with E-state index in [-0.39, 0.29) is 11.7 Å². The molecule has 0 aromatic heterocycles. The van der Waals surface area contributed by atoms with Gasteiger partial charge in [0.15, 0.2) is 16.6 Å². The number of nitrogens with zero attached hydrogens (tertiary/aromatic N) is 1. The molecule has 2 aromatic carbocycles. The van der Waals surface area contributed by atoms with Crippen molar-refractivity contribution in [3.05, 3.63) is 57.6 Å². The van der Waals surface area contributed by atoms with E-state index >= 15 is 0 Å². The number of rotatable bonds is 6. The van der Waals surface area contributed by atoms with Gasteiger partial charge in [-0.3, -0.25) is 5.43 Å². The van der Waals surface area contributed by atoms with E-state index in [4.69, 9.17) is 50.6 Å². The lowest BCUT2D eigenvalue weighted by molar-refractivity contribution is 0.284. The smallest absolute Gasteiger partial charge is 0.184 e. The van der Waals surface area contributed by atoms with Gasteiger partial charge in [0, 0.05) is 21.2 Å². The largest absolute Gasteiger partial charge is 0.493 e. The maximum atomic E-state index is 6.17. The van der Waals surface area contributed by atoms with Crippen LogP contribution in [0.25, 0.3) is 0 Å². The Labute approximate surface area is 155 Å². The molecule has 0 amide bonds. The first-order valence-electron chi connectivity index (χ1n) is 6.83. The van der Waals surface area contributed by atoms with Crippen LogP contribution in [0.5, 0.6) is 11.5 Å². The van der Waals surface area contributed by atoms with Crippen LogP contribution in [0.4, 0.5) is 0 Å². The van der Waals surface area contributed by atoms with Crippen molar-refractivity contribution in [2.24, 2.45) is 10.8 Å². The second-order valence-corrected chi connectivity index (χ2v) is 5.92. The molecule has 126 valence electrons. The fraction of sp³-hybridized carbons (Fsp3) is 0.125. The standard InChI is InChI=1S/C16H15Cl2N3O2S/c1-22-14-4-2-3-10(8-20-21-16(19)24)15(14)23-9-11-5-6-12(17)7-13(11)18/h2-8H,9H2,1H3,(H3,19,21,24)/b20-8-. The van der Waals surface area contributed by atoms with Crippen LogP contribution in [0, 0.1) is 0 Å². The molecule has 8 heteroatoms. The van der Waals surface area contributed by atoms with Crippen molar-refractivity contribution in [3.63, 3.8) is 0 Å². The van der Waals surface area contributed by atoms with Crippen LogP contribution < -0.4 is 20.6 Å². The molecule has 0 radical (unpaired) electrons. The number of para-hydroxylation sites is 1. The Bertz CT molecular complexity index is 769. The van der Waals surface area contributed by atoms with Crippen molar-refractivity contribution in [3.8, 4) is 11.5 Å². The van der Waals surface area contributed by atoms with Gasteiger partial charge in [0.05, 0.1) is 13.3 Å². The topological polar surface area (TPSA) is 68.9 Å². The van der Waals surface area contributed by atoms with E-state index in [1.165, 1.54) is 0 Å². The second kappa shape index (κ2) is 8.73. The molecule has 0 fully saturated rings. The third kappa shape index (κ3) is 4.99. The molecule has 2 rings (SSSR count). The van der Waals surface area contributed by atoms with Gasteiger partial charge in [-0.15, -0.1) is 0 Å². The predicted octanol–water partition coefficient (Wildman–Crippen LogP) is 3.75. The van der Waals surface area contributed by atoms with Crippen LogP contribution in [0.15, 0.2) is 41.5 Å². The summed E-state index contributed by atoms with van der Waals surface area (Å²) in [4.78, 5) is 0. The Hall–Kier alpha value is -2.02. The summed E-state index contributed by atoms with van der Waals surface area (Å²) in [5, 5.41) is 5.11. The van der Waals surface area contributed by atoms with Crippen LogP contribution in [0.2, 0.25) is 10.0 Å². The molecule has 0 saturated heterocycles. The normalized spacial score (nSPS) is 10.6. The number of hydrogen-bond donors (Lipinski definition) is 2. The second-order valence-electron chi connectivity index (χ2n) is 4.64. The van der Waals surface area contributed by atoms with Gasteiger partial charge in [-0.05, 0) is 36.5 Å². The molecule has 0 atom stereocenters. The van der Waals surface area contributed by atoms with E-state index in [0.29, 0.717) is 27.1 Å². The fourth-order valence-electron chi connectivity index (χ4n) is 1.90. The zero-order valence-corrected chi connectivity index (χ0v) is 15.1. The third-order valence-corrected chi connectivity index (χ3v) is 3.67. The van der Waals surface area contributed by atoms with Crippen molar-refractivity contribution in [1.82, 2.24) is 5.43 Å². The minimum atomic E-state index is 0.0737. The lowest BCUT2D eigenvalue weighted by Crippen LogP contribution is -2.24. The first-order valence-corrected chi connectivity index (χ1v) is 8.00. The molecule has 0 aliphatic carbocycles. The molecule has 0 bridgehead atoms. The van der Waals surface area contributed by atoms with Crippen LogP contribution >= 0.6 is 35.4 Å². The fourth-order valence-corrected chi connectivity index (χ4v) is 2.42. The van der Waals surface area contributed by atoms with Crippen molar-refractivity contribution < 1.29 is 9.47 Å². The van der Waals surface area contributed by atoms with E-state index < -0.39 is 0 Å². The maximum absolute atomic E-state index is 6.17. The van der Waals surface area contributed by atoms with Crippen LogP contribution in [-0.2, 0) is 6.61 Å². The molecule has 0 spiro atoms. The first kappa shape index (κ1) is 18.3. The van der Waals surface area contributed by atoms with Gasteiger partial charge in [0.25, 0.3) is 0 Å². The Balaban J connectivity index is 2.23. The molecule has 24 heavy (non-hydrogen) atoms. The monoisotopic (exact) mass is 383 g/mol. The van der Waals surface area contributed by atoms with E-state index in [1.54, 1.807) is 31.5 Å². The molecule has 3 N–H and O–H groups in total. The van der Waals surface area contributed by atoms with Crippen molar-refractivity contribution in [2.75, 3.05) is 7.11 Å². The Morgan fingerprint density at radius 1 is 1.33 bits per heavy atom. The third-order valence-electron chi connectivity index (χ3n) is 2.99. The summed E-state index contributed by atoms with van der Waals surface area (Å²) >= 11 is 16.8. The number of thiocarbonyl (C=S) groups is 1. The highest BCUT2D eigenvalue weighted by molar-refractivity contribution is 7.80. The number of hydrogen-bond acceptors (Lipinski definition) is 4. The molecular formula is C16H15Cl2N3O2S. The highest BCUT2D eigenvalue weighted by atomic mass is 35.5. The lowest BCUT2D eigenvalue weighted by atomic mass is 10.2. The summed E-state index contributed by atoms with van der Waals surface area (Å²) < 4.78 is 11.2. The van der Waals surface area contributed by atoms with Crippen LogP contribution in [0.3, 0.4) is 0 Å². The summed E-state index contributed by atoms with van der Waals surface area (Å²) in [6.07, 6.45) is 1.54. The van der Waals surface area contributed by atoms with Crippen LogP contribution in [-0.4, -0.2) is 18.4 Å². The van der Waals surface area contributed by atoms with Gasteiger partial charge >= 0.3 is 0 Å². The summed E-state index contributed by atoms with van der Waals surface area (Å²) in [6.45, 7) is 0.250. The van der Waals surface area contributed by atoms with Crippen molar-refractivity contribution in [1.29, 1.82) is 0 Å². The van der Waals surface area contributed by atoms with Gasteiger partial charge in [-0.25, -0.2) is 0 Å². The Morgan fingerprint density at radius 2 is 2.12 bits per heavy atom. The number of ether oxygens (including phenoxy) is 2. The van der Waals surface area contributed by atoms with Gasteiger partial charge in [0.2, 0.25) is 0 Å². The summed E-state index contributed by atoms with van der Waals surface area (Å²) in [5.41, 5.74) is 9.33. The molecule has 2 aromatic rings. The zero-order valence-electron chi connectivity index (χ0n) is 12.8. The molecule has 0 aliphatic heterocycles. The zero-order chi connectivity index (χ0) is 17.5. The molecule has 0 aliphatic rings. The molecule has 5 nitrogen and oxygen atoms in total. The number of nitrogens with one attached hydrogen (secondary N) is 1. The Kier molecular flexibility index (Phi) is 6.66. The number of halogens is 2. The molecule has 0 saturated carbocycles. The van der Waals surface area contributed by atoms with E-state index in [2.05, 4.69) is 10.5 Å². The van der Waals surface area contributed by atoms with E-state index in [0.717, 1.165) is 5.56 Å². The molecular weight excluding hydrogens is 369 g/mol. The maximum Gasteiger partial charge on any atom is 0.184 e. The highest BCUT2D eigenvalue weighted by Crippen LogP contribution is 2.31. The molecule has 0 unspecified atom stereocenters. The average molecular weight is 384 g/mol. The minimum Gasteiger partial charge on any atom is -0.493 e. The van der Waals surface area contributed by atoms with Gasteiger partial charge in [0.1, 0.15) is 6.61 Å². The SMILES string of the molecule is COc1cccc(/C=N\NC(N)=S)c1OCc1ccc(Cl)cc1Cl. The summed E-state index contributed by atoms with van der Waals surface area (Å²) in [5.74, 6) is 1.10. The number of methoxy groups -OCH3 is 1. The quantitative estimate of drug-likeness (QED) is 0.451. The van der Waals surface area contributed by atoms with Gasteiger partial charge < -0.3 is 15.2 Å². The summed E-state index contributed by atoms with van der Waals surface area (Å²) in [6, 6.07) is 10.7. The van der Waals surface area contributed by atoms with Crippen molar-refractivity contribution in [2.45, 2.75) is 6.61 Å². The number of nitrogens with two attached hydrogens (primary N) is 1. The Morgan fingerprint density at radius 3 is 2.79 bits per heavy atom. The molecule has 0 heterocycles.